The first-order valence-electron chi connectivity index (χ1n) is 3.74. The maximum atomic E-state index is 10.3. The fourth-order valence-corrected chi connectivity index (χ4v) is 0.877. The lowest BCUT2D eigenvalue weighted by Gasteiger charge is -2.04. The molecule has 0 fully saturated rings. The third-order valence-corrected chi connectivity index (χ3v) is 1.44. The van der Waals surface area contributed by atoms with Crippen LogP contribution in [-0.4, -0.2) is 6.61 Å². The Labute approximate surface area is 76.0 Å². The molecule has 4 heteroatoms. The smallest absolute Gasteiger partial charge is 0.151 e. The van der Waals surface area contributed by atoms with Crippen molar-refractivity contribution in [1.82, 2.24) is 0 Å². The molecular formula is C9H10N2O2. The van der Waals surface area contributed by atoms with Crippen LogP contribution in [0, 0.1) is 4.91 Å². The predicted octanol–water partition coefficient (Wildman–Crippen LogP) is 2.23. The number of hydrogen-bond donors (Lipinski definition) is 1. The van der Waals surface area contributed by atoms with Crippen LogP contribution in [0.1, 0.15) is 0 Å². The average molecular weight is 178 g/mol. The van der Waals surface area contributed by atoms with Crippen LogP contribution in [0.2, 0.25) is 0 Å². The van der Waals surface area contributed by atoms with E-state index in [0.29, 0.717) is 18.0 Å². The van der Waals surface area contributed by atoms with E-state index in [9.17, 15) is 4.91 Å². The van der Waals surface area contributed by atoms with Gasteiger partial charge in [-0.15, -0.1) is 4.91 Å². The van der Waals surface area contributed by atoms with Crippen LogP contribution < -0.4 is 10.5 Å². The number of benzene rings is 1. The summed E-state index contributed by atoms with van der Waals surface area (Å²) in [5.74, 6) is 0.420. The molecule has 0 heterocycles. The molecule has 68 valence electrons. The summed E-state index contributed by atoms with van der Waals surface area (Å²) in [6, 6.07) is 4.72. The second-order valence-electron chi connectivity index (χ2n) is 2.42. The predicted molar refractivity (Wildman–Crippen MR) is 52.0 cm³/mol. The second kappa shape index (κ2) is 4.25. The van der Waals surface area contributed by atoms with E-state index in [4.69, 9.17) is 10.5 Å². The minimum Gasteiger partial charge on any atom is -0.487 e. The second-order valence-corrected chi connectivity index (χ2v) is 2.42. The van der Waals surface area contributed by atoms with Gasteiger partial charge in [-0.1, -0.05) is 12.7 Å². The molecule has 13 heavy (non-hydrogen) atoms. The highest BCUT2D eigenvalue weighted by atomic mass is 16.5. The molecule has 0 amide bonds. The van der Waals surface area contributed by atoms with Crippen LogP contribution in [0.25, 0.3) is 0 Å². The highest BCUT2D eigenvalue weighted by molar-refractivity contribution is 5.59. The lowest BCUT2D eigenvalue weighted by molar-refractivity contribution is 0.364. The number of hydrogen-bond acceptors (Lipinski definition) is 4. The zero-order valence-electron chi connectivity index (χ0n) is 7.06. The Morgan fingerprint density at radius 1 is 1.62 bits per heavy atom. The summed E-state index contributed by atoms with van der Waals surface area (Å²) in [6.07, 6.45) is 1.59. The van der Waals surface area contributed by atoms with Gasteiger partial charge in [-0.05, 0) is 23.4 Å². The highest BCUT2D eigenvalue weighted by Gasteiger charge is 2.03. The molecule has 0 atom stereocenters. The Morgan fingerprint density at radius 2 is 2.38 bits per heavy atom. The summed E-state index contributed by atoms with van der Waals surface area (Å²) >= 11 is 0. The normalized spacial score (nSPS) is 9.23. The number of rotatable bonds is 4. The number of nitroso groups, excluding NO2 is 1. The van der Waals surface area contributed by atoms with E-state index < -0.39 is 0 Å². The number of ether oxygens (including phenoxy) is 1. The van der Waals surface area contributed by atoms with Gasteiger partial charge in [0.2, 0.25) is 0 Å². The van der Waals surface area contributed by atoms with E-state index in [0.717, 1.165) is 0 Å². The first kappa shape index (κ1) is 9.25. The Morgan fingerprint density at radius 3 is 3.00 bits per heavy atom. The van der Waals surface area contributed by atoms with Crippen LogP contribution >= 0.6 is 0 Å². The van der Waals surface area contributed by atoms with Gasteiger partial charge in [0.05, 0.1) is 0 Å². The fourth-order valence-electron chi connectivity index (χ4n) is 0.877. The molecule has 0 radical (unpaired) electrons. The van der Waals surface area contributed by atoms with Crippen LogP contribution in [-0.2, 0) is 0 Å². The molecule has 0 aromatic heterocycles. The molecule has 1 aromatic carbocycles. The van der Waals surface area contributed by atoms with Gasteiger partial charge in [-0.3, -0.25) is 0 Å². The zero-order valence-corrected chi connectivity index (χ0v) is 7.06. The van der Waals surface area contributed by atoms with E-state index in [-0.39, 0.29) is 5.69 Å². The van der Waals surface area contributed by atoms with Gasteiger partial charge in [-0.2, -0.15) is 0 Å². The van der Waals surface area contributed by atoms with Gasteiger partial charge in [0, 0.05) is 5.69 Å². The third-order valence-electron chi connectivity index (χ3n) is 1.44. The number of nitrogen functional groups attached to an aromatic ring is 1. The van der Waals surface area contributed by atoms with E-state index in [1.807, 2.05) is 0 Å². The summed E-state index contributed by atoms with van der Waals surface area (Å²) in [5.41, 5.74) is 6.15. The lowest BCUT2D eigenvalue weighted by atomic mass is 10.2. The molecule has 0 saturated heterocycles. The van der Waals surface area contributed by atoms with Crippen molar-refractivity contribution in [3.8, 4) is 5.75 Å². The highest BCUT2D eigenvalue weighted by Crippen LogP contribution is 2.29. The fraction of sp³-hybridized carbons (Fsp3) is 0.111. The van der Waals surface area contributed by atoms with Crippen molar-refractivity contribution in [3.63, 3.8) is 0 Å². The molecule has 2 N–H and O–H groups in total. The van der Waals surface area contributed by atoms with Crippen molar-refractivity contribution in [2.24, 2.45) is 5.18 Å². The van der Waals surface area contributed by atoms with Crippen molar-refractivity contribution in [2.75, 3.05) is 12.3 Å². The first-order valence-corrected chi connectivity index (χ1v) is 3.74. The van der Waals surface area contributed by atoms with Gasteiger partial charge >= 0.3 is 0 Å². The Balaban J connectivity index is 2.91. The lowest BCUT2D eigenvalue weighted by Crippen LogP contribution is -1.93. The van der Waals surface area contributed by atoms with Crippen molar-refractivity contribution in [1.29, 1.82) is 0 Å². The molecule has 0 aliphatic carbocycles. The quantitative estimate of drug-likeness (QED) is 0.436. The number of nitrogens with zero attached hydrogens (tertiary/aromatic N) is 1. The summed E-state index contributed by atoms with van der Waals surface area (Å²) in [6.45, 7) is 3.83. The first-order chi connectivity index (χ1) is 6.27. The molecule has 0 unspecified atom stereocenters. The Kier molecular flexibility index (Phi) is 3.03. The van der Waals surface area contributed by atoms with Gasteiger partial charge in [0.15, 0.2) is 5.69 Å². The number of nitrogens with two attached hydrogens (primary N) is 1. The molecule has 0 aliphatic heterocycles. The van der Waals surface area contributed by atoms with E-state index in [1.165, 1.54) is 6.07 Å². The van der Waals surface area contributed by atoms with Crippen LogP contribution in [0.3, 0.4) is 0 Å². The van der Waals surface area contributed by atoms with Crippen molar-refractivity contribution in [2.45, 2.75) is 0 Å². The largest absolute Gasteiger partial charge is 0.487 e. The summed E-state index contributed by atoms with van der Waals surface area (Å²) < 4.78 is 5.16. The summed E-state index contributed by atoms with van der Waals surface area (Å²) in [5, 5.41) is 2.79. The van der Waals surface area contributed by atoms with Crippen LogP contribution in [0.15, 0.2) is 36.0 Å². The molecule has 0 saturated carbocycles. The third kappa shape index (κ3) is 2.30. The van der Waals surface area contributed by atoms with Crippen molar-refractivity contribution in [3.05, 3.63) is 35.8 Å². The molecule has 1 aromatic rings. The average Bonchev–Trinajstić information content (AvgIpc) is 2.16. The Bertz CT molecular complexity index is 323. The molecule has 1 rings (SSSR count). The van der Waals surface area contributed by atoms with Crippen LogP contribution in [0.5, 0.6) is 5.75 Å². The maximum absolute atomic E-state index is 10.3. The Hall–Kier alpha value is -1.84. The van der Waals surface area contributed by atoms with Gasteiger partial charge < -0.3 is 10.5 Å². The molecule has 0 aliphatic rings. The molecule has 0 bridgehead atoms. The van der Waals surface area contributed by atoms with Crippen molar-refractivity contribution < 1.29 is 4.74 Å². The van der Waals surface area contributed by atoms with E-state index >= 15 is 0 Å². The SMILES string of the molecule is C=CCOc1ccc(N)cc1N=O. The molecule has 0 spiro atoms. The summed E-state index contributed by atoms with van der Waals surface area (Å²) in [4.78, 5) is 10.3. The minimum atomic E-state index is 0.210. The van der Waals surface area contributed by atoms with E-state index in [1.54, 1.807) is 18.2 Å². The van der Waals surface area contributed by atoms with Crippen LogP contribution in [0.4, 0.5) is 11.4 Å². The summed E-state index contributed by atoms with van der Waals surface area (Å²) in [7, 11) is 0. The zero-order chi connectivity index (χ0) is 9.68. The van der Waals surface area contributed by atoms with Gasteiger partial charge in [-0.25, -0.2) is 0 Å². The maximum Gasteiger partial charge on any atom is 0.151 e. The standard InChI is InChI=1S/C9H10N2O2/c1-2-5-13-9-4-3-7(10)6-8(9)11-12/h2-4,6H,1,5,10H2. The number of anilines is 1. The van der Waals surface area contributed by atoms with E-state index in [2.05, 4.69) is 11.8 Å². The monoisotopic (exact) mass is 178 g/mol. The molecular weight excluding hydrogens is 168 g/mol. The van der Waals surface area contributed by atoms with Gasteiger partial charge in [0.25, 0.3) is 0 Å². The molecule has 4 nitrogen and oxygen atoms in total. The van der Waals surface area contributed by atoms with Gasteiger partial charge in [0.1, 0.15) is 12.4 Å². The topological polar surface area (TPSA) is 64.7 Å². The minimum absolute atomic E-state index is 0.210. The van der Waals surface area contributed by atoms with Crippen molar-refractivity contribution >= 4 is 11.4 Å².